The SMILES string of the molecule is C[C@H](Oc1ccc(S(C)(=O)=O)cc1C(=O)N1Cc2cnc(Cl)cc2C1)C(F)(F)F. The average Bonchev–Trinajstić information content (AvgIpc) is 3.02. The molecule has 156 valence electrons. The number of hydrogen-bond acceptors (Lipinski definition) is 5. The number of halogens is 4. The summed E-state index contributed by atoms with van der Waals surface area (Å²) in [6.07, 6.45) is -4.38. The second-order valence-electron chi connectivity index (χ2n) is 6.67. The van der Waals surface area contributed by atoms with Gasteiger partial charge in [-0.3, -0.25) is 4.79 Å². The minimum absolute atomic E-state index is 0.160. The number of carbonyl (C=O) groups is 1. The van der Waals surface area contributed by atoms with Gasteiger partial charge in [-0.15, -0.1) is 0 Å². The molecule has 0 unspecified atom stereocenters. The first-order valence-electron chi connectivity index (χ1n) is 8.36. The number of rotatable bonds is 4. The van der Waals surface area contributed by atoms with Crippen LogP contribution < -0.4 is 4.74 Å². The number of ether oxygens (including phenoxy) is 1. The zero-order chi connectivity index (χ0) is 21.6. The standard InChI is InChI=1S/C18H16ClF3N2O4S/c1-10(18(20,21)22)28-15-4-3-13(29(2,26)27)6-14(15)17(25)24-8-11-5-16(19)23-7-12(11)9-24/h3-7,10H,8-9H2,1-2H3/t10-/m0/s1. The van der Waals surface area contributed by atoms with Crippen LogP contribution in [-0.2, 0) is 22.9 Å². The molecule has 1 aromatic carbocycles. The molecule has 1 amide bonds. The molecule has 2 aromatic rings. The molecule has 1 aromatic heterocycles. The summed E-state index contributed by atoms with van der Waals surface area (Å²) in [5.74, 6) is -1.01. The van der Waals surface area contributed by atoms with Crippen LogP contribution in [-0.4, -0.2) is 42.7 Å². The highest BCUT2D eigenvalue weighted by molar-refractivity contribution is 7.90. The van der Waals surface area contributed by atoms with Gasteiger partial charge in [0.1, 0.15) is 10.9 Å². The molecular formula is C18H16ClF3N2O4S. The van der Waals surface area contributed by atoms with Gasteiger partial charge in [-0.2, -0.15) is 13.2 Å². The van der Waals surface area contributed by atoms with Gasteiger partial charge < -0.3 is 9.64 Å². The molecule has 6 nitrogen and oxygen atoms in total. The van der Waals surface area contributed by atoms with Crippen molar-refractivity contribution in [3.05, 3.63) is 52.3 Å². The molecular weight excluding hydrogens is 433 g/mol. The Hall–Kier alpha value is -2.33. The summed E-state index contributed by atoms with van der Waals surface area (Å²) in [5.41, 5.74) is 1.23. The maximum absolute atomic E-state index is 13.0. The Morgan fingerprint density at radius 1 is 1.24 bits per heavy atom. The largest absolute Gasteiger partial charge is 0.480 e. The van der Waals surface area contributed by atoms with E-state index in [-0.39, 0.29) is 34.5 Å². The van der Waals surface area contributed by atoms with Crippen molar-refractivity contribution >= 4 is 27.3 Å². The average molecular weight is 449 g/mol. The number of pyridine rings is 1. The van der Waals surface area contributed by atoms with Crippen molar-refractivity contribution in [2.24, 2.45) is 0 Å². The number of hydrogen-bond donors (Lipinski definition) is 0. The van der Waals surface area contributed by atoms with E-state index in [2.05, 4.69) is 4.98 Å². The summed E-state index contributed by atoms with van der Waals surface area (Å²) < 4.78 is 67.4. The smallest absolute Gasteiger partial charge is 0.425 e. The van der Waals surface area contributed by atoms with Crippen LogP contribution in [0.5, 0.6) is 5.75 Å². The fraction of sp³-hybridized carbons (Fsp3) is 0.333. The summed E-state index contributed by atoms with van der Waals surface area (Å²) in [4.78, 5) is 18.2. The molecule has 1 aliphatic heterocycles. The van der Waals surface area contributed by atoms with E-state index in [1.54, 1.807) is 6.07 Å². The molecule has 0 radical (unpaired) electrons. The lowest BCUT2D eigenvalue weighted by molar-refractivity contribution is -0.189. The van der Waals surface area contributed by atoms with Crippen LogP contribution in [0.4, 0.5) is 13.2 Å². The van der Waals surface area contributed by atoms with E-state index in [1.165, 1.54) is 11.1 Å². The molecule has 11 heteroatoms. The van der Waals surface area contributed by atoms with Gasteiger partial charge in [0.05, 0.1) is 10.5 Å². The molecule has 0 saturated carbocycles. The quantitative estimate of drug-likeness (QED) is 0.668. The first-order chi connectivity index (χ1) is 13.4. The summed E-state index contributed by atoms with van der Waals surface area (Å²) in [6, 6.07) is 4.80. The Morgan fingerprint density at radius 3 is 2.52 bits per heavy atom. The van der Waals surface area contributed by atoms with E-state index in [9.17, 15) is 26.4 Å². The van der Waals surface area contributed by atoms with Gasteiger partial charge in [0.25, 0.3) is 5.91 Å². The molecule has 0 saturated heterocycles. The van der Waals surface area contributed by atoms with Gasteiger partial charge in [-0.25, -0.2) is 13.4 Å². The molecule has 2 heterocycles. The maximum Gasteiger partial charge on any atom is 0.425 e. The highest BCUT2D eigenvalue weighted by Crippen LogP contribution is 2.32. The van der Waals surface area contributed by atoms with Crippen LogP contribution in [0.1, 0.15) is 28.4 Å². The van der Waals surface area contributed by atoms with Crippen molar-refractivity contribution in [2.75, 3.05) is 6.26 Å². The van der Waals surface area contributed by atoms with E-state index >= 15 is 0 Å². The van der Waals surface area contributed by atoms with Gasteiger partial charge in [0.2, 0.25) is 0 Å². The lowest BCUT2D eigenvalue weighted by Gasteiger charge is -2.22. The van der Waals surface area contributed by atoms with E-state index in [0.717, 1.165) is 42.5 Å². The number of aromatic nitrogens is 1. The molecule has 29 heavy (non-hydrogen) atoms. The highest BCUT2D eigenvalue weighted by Gasteiger charge is 2.39. The summed E-state index contributed by atoms with van der Waals surface area (Å²) in [5, 5.41) is 0.250. The first kappa shape index (κ1) is 21.4. The van der Waals surface area contributed by atoms with E-state index in [4.69, 9.17) is 16.3 Å². The highest BCUT2D eigenvalue weighted by atomic mass is 35.5. The third kappa shape index (κ3) is 4.64. The molecule has 1 atom stereocenters. The normalized spacial score (nSPS) is 15.2. The minimum Gasteiger partial charge on any atom is -0.480 e. The van der Waals surface area contributed by atoms with Crippen molar-refractivity contribution in [2.45, 2.75) is 37.2 Å². The van der Waals surface area contributed by atoms with Gasteiger partial charge in [0, 0.05) is 25.5 Å². The lowest BCUT2D eigenvalue weighted by Crippen LogP contribution is -2.32. The monoisotopic (exact) mass is 448 g/mol. The zero-order valence-electron chi connectivity index (χ0n) is 15.3. The Morgan fingerprint density at radius 2 is 1.90 bits per heavy atom. The van der Waals surface area contributed by atoms with Crippen LogP contribution in [0.3, 0.4) is 0 Å². The third-order valence-corrected chi connectivity index (χ3v) is 5.75. The maximum atomic E-state index is 13.0. The number of alkyl halides is 3. The van der Waals surface area contributed by atoms with E-state index in [0.29, 0.717) is 0 Å². The molecule has 1 aliphatic rings. The second kappa shape index (κ2) is 7.49. The Labute approximate surface area is 170 Å². The Kier molecular flexibility index (Phi) is 5.52. The molecule has 0 aliphatic carbocycles. The van der Waals surface area contributed by atoms with Crippen molar-refractivity contribution in [1.29, 1.82) is 0 Å². The van der Waals surface area contributed by atoms with Crippen molar-refractivity contribution < 1.29 is 31.1 Å². The van der Waals surface area contributed by atoms with Crippen LogP contribution >= 0.6 is 11.6 Å². The molecule has 3 rings (SSSR count). The van der Waals surface area contributed by atoms with Crippen molar-refractivity contribution in [3.63, 3.8) is 0 Å². The van der Waals surface area contributed by atoms with Crippen LogP contribution in [0, 0.1) is 0 Å². The molecule has 0 bridgehead atoms. The van der Waals surface area contributed by atoms with E-state index in [1.807, 2.05) is 0 Å². The topological polar surface area (TPSA) is 76.6 Å². The minimum atomic E-state index is -4.65. The van der Waals surface area contributed by atoms with Crippen molar-refractivity contribution in [1.82, 2.24) is 9.88 Å². The number of benzene rings is 1. The van der Waals surface area contributed by atoms with Gasteiger partial charge in [-0.05, 0) is 42.3 Å². The predicted molar refractivity (Wildman–Crippen MR) is 98.5 cm³/mol. The number of sulfone groups is 1. The fourth-order valence-electron chi connectivity index (χ4n) is 2.83. The molecule has 0 spiro atoms. The number of fused-ring (bicyclic) bond motifs is 1. The first-order valence-corrected chi connectivity index (χ1v) is 10.6. The summed E-state index contributed by atoms with van der Waals surface area (Å²) >= 11 is 5.86. The molecule has 0 fully saturated rings. The van der Waals surface area contributed by atoms with Crippen LogP contribution in [0.25, 0.3) is 0 Å². The lowest BCUT2D eigenvalue weighted by atomic mass is 10.1. The summed E-state index contributed by atoms with van der Waals surface area (Å²) in [7, 11) is -3.69. The van der Waals surface area contributed by atoms with E-state index < -0.39 is 28.0 Å². The van der Waals surface area contributed by atoms with Crippen LogP contribution in [0.15, 0.2) is 35.4 Å². The van der Waals surface area contributed by atoms with Gasteiger partial charge >= 0.3 is 6.18 Å². The summed E-state index contributed by atoms with van der Waals surface area (Å²) in [6.45, 7) is 1.13. The predicted octanol–water partition coefficient (Wildman–Crippen LogP) is 3.62. The number of carbonyl (C=O) groups excluding carboxylic acids is 1. The number of nitrogens with zero attached hydrogens (tertiary/aromatic N) is 2. The Balaban J connectivity index is 1.98. The van der Waals surface area contributed by atoms with Crippen LogP contribution in [0.2, 0.25) is 5.15 Å². The van der Waals surface area contributed by atoms with Crippen molar-refractivity contribution in [3.8, 4) is 5.75 Å². The third-order valence-electron chi connectivity index (χ3n) is 4.43. The number of amides is 1. The fourth-order valence-corrected chi connectivity index (χ4v) is 3.66. The molecule has 0 N–H and O–H groups in total. The van der Waals surface area contributed by atoms with Gasteiger partial charge in [0.15, 0.2) is 15.9 Å². The second-order valence-corrected chi connectivity index (χ2v) is 9.07. The zero-order valence-corrected chi connectivity index (χ0v) is 16.9. The Bertz CT molecular complexity index is 1070. The van der Waals surface area contributed by atoms with Gasteiger partial charge in [-0.1, -0.05) is 11.6 Å².